The van der Waals surface area contributed by atoms with Crippen LogP contribution in [0.1, 0.15) is 25.8 Å². The average molecular weight is 292 g/mol. The van der Waals surface area contributed by atoms with Crippen molar-refractivity contribution in [3.05, 3.63) is 29.6 Å². The number of halogens is 4. The van der Waals surface area contributed by atoms with Crippen LogP contribution in [0.5, 0.6) is 0 Å². The van der Waals surface area contributed by atoms with Crippen molar-refractivity contribution >= 4 is 5.69 Å². The molecule has 1 aromatic carbocycles. The molecule has 0 radical (unpaired) electrons. The van der Waals surface area contributed by atoms with Gasteiger partial charge in [0.1, 0.15) is 12.4 Å². The molecule has 1 atom stereocenters. The molecule has 0 spiro atoms. The first kappa shape index (κ1) is 16.8. The van der Waals surface area contributed by atoms with Crippen molar-refractivity contribution in [2.45, 2.75) is 38.9 Å². The van der Waals surface area contributed by atoms with Crippen molar-refractivity contribution in [2.24, 2.45) is 5.73 Å². The number of rotatable bonds is 6. The van der Waals surface area contributed by atoms with E-state index in [4.69, 9.17) is 5.73 Å². The van der Waals surface area contributed by atoms with Crippen LogP contribution in [-0.4, -0.2) is 25.3 Å². The third-order valence-corrected chi connectivity index (χ3v) is 3.13. The van der Waals surface area contributed by atoms with Gasteiger partial charge in [0.15, 0.2) is 0 Å². The van der Waals surface area contributed by atoms with Crippen LogP contribution >= 0.6 is 0 Å². The van der Waals surface area contributed by atoms with Gasteiger partial charge in [-0.1, -0.05) is 13.0 Å². The summed E-state index contributed by atoms with van der Waals surface area (Å²) in [5.41, 5.74) is 6.45. The Hall–Kier alpha value is -1.30. The summed E-state index contributed by atoms with van der Waals surface area (Å²) in [4.78, 5) is 0.971. The van der Waals surface area contributed by atoms with Gasteiger partial charge in [0.05, 0.1) is 5.69 Å². The van der Waals surface area contributed by atoms with E-state index >= 15 is 0 Å². The first-order valence-electron chi connectivity index (χ1n) is 6.62. The van der Waals surface area contributed by atoms with Gasteiger partial charge >= 0.3 is 6.18 Å². The van der Waals surface area contributed by atoms with Gasteiger partial charge in [0.25, 0.3) is 0 Å². The number of nitrogens with two attached hydrogens (primary N) is 1. The molecule has 0 saturated carbocycles. The highest BCUT2D eigenvalue weighted by molar-refractivity contribution is 5.49. The quantitative estimate of drug-likeness (QED) is 0.813. The maximum atomic E-state index is 14.0. The first-order valence-corrected chi connectivity index (χ1v) is 6.62. The Kier molecular flexibility index (Phi) is 5.80. The molecule has 0 amide bonds. The molecule has 0 heterocycles. The predicted molar refractivity (Wildman–Crippen MR) is 72.3 cm³/mol. The standard InChI is InChI=1S/C14H20F4N2/c1-3-11(19)7-10-5-6-13(12(15)8-10)20(4-2)9-14(16,17)18/h5-6,8,11H,3-4,7,9,19H2,1-2H3. The molecule has 20 heavy (non-hydrogen) atoms. The molecule has 6 heteroatoms. The molecule has 2 nitrogen and oxygen atoms in total. The lowest BCUT2D eigenvalue weighted by atomic mass is 10.0. The van der Waals surface area contributed by atoms with Crippen LogP contribution in [0, 0.1) is 5.82 Å². The normalized spacial score (nSPS) is 13.3. The van der Waals surface area contributed by atoms with E-state index in [1.165, 1.54) is 12.1 Å². The molecule has 2 N–H and O–H groups in total. The first-order chi connectivity index (χ1) is 9.26. The average Bonchev–Trinajstić information content (AvgIpc) is 2.35. The van der Waals surface area contributed by atoms with Gasteiger partial charge in [-0.05, 0) is 37.5 Å². The highest BCUT2D eigenvalue weighted by atomic mass is 19.4. The minimum Gasteiger partial charge on any atom is -0.360 e. The highest BCUT2D eigenvalue weighted by Gasteiger charge is 2.31. The molecular formula is C14H20F4N2. The predicted octanol–water partition coefficient (Wildman–Crippen LogP) is 3.49. The summed E-state index contributed by atoms with van der Waals surface area (Å²) in [5.74, 6) is -0.642. The van der Waals surface area contributed by atoms with Crippen LogP contribution in [0.4, 0.5) is 23.2 Å². The van der Waals surface area contributed by atoms with Crippen molar-refractivity contribution in [1.29, 1.82) is 0 Å². The Morgan fingerprint density at radius 1 is 1.25 bits per heavy atom. The lowest BCUT2D eigenvalue weighted by Crippen LogP contribution is -2.34. The van der Waals surface area contributed by atoms with Crippen molar-refractivity contribution in [2.75, 3.05) is 18.0 Å². The zero-order valence-electron chi connectivity index (χ0n) is 11.7. The van der Waals surface area contributed by atoms with E-state index < -0.39 is 18.5 Å². The molecule has 0 aliphatic heterocycles. The summed E-state index contributed by atoms with van der Waals surface area (Å²) in [6, 6.07) is 4.22. The highest BCUT2D eigenvalue weighted by Crippen LogP contribution is 2.25. The number of anilines is 1. The fourth-order valence-corrected chi connectivity index (χ4v) is 1.96. The van der Waals surface area contributed by atoms with Gasteiger partial charge in [-0.3, -0.25) is 0 Å². The SMILES string of the molecule is CCC(N)Cc1ccc(N(CC)CC(F)(F)F)c(F)c1. The van der Waals surface area contributed by atoms with Gasteiger partial charge in [0.2, 0.25) is 0 Å². The third-order valence-electron chi connectivity index (χ3n) is 3.13. The second-order valence-corrected chi connectivity index (χ2v) is 4.79. The largest absolute Gasteiger partial charge is 0.405 e. The molecule has 0 saturated heterocycles. The van der Waals surface area contributed by atoms with E-state index in [-0.39, 0.29) is 18.3 Å². The van der Waals surface area contributed by atoms with Crippen molar-refractivity contribution in [3.8, 4) is 0 Å². The molecule has 114 valence electrons. The molecule has 1 rings (SSSR count). The molecule has 0 bridgehead atoms. The number of hydrogen-bond donors (Lipinski definition) is 1. The Morgan fingerprint density at radius 3 is 2.35 bits per heavy atom. The fraction of sp³-hybridized carbons (Fsp3) is 0.571. The third kappa shape index (κ3) is 5.00. The molecule has 1 aromatic rings. The Balaban J connectivity index is 2.90. The van der Waals surface area contributed by atoms with E-state index in [0.29, 0.717) is 12.0 Å². The second kappa shape index (κ2) is 6.92. The Morgan fingerprint density at radius 2 is 1.90 bits per heavy atom. The monoisotopic (exact) mass is 292 g/mol. The van der Waals surface area contributed by atoms with Crippen LogP contribution < -0.4 is 10.6 Å². The molecule has 0 fully saturated rings. The van der Waals surface area contributed by atoms with Crippen molar-refractivity contribution in [1.82, 2.24) is 0 Å². The van der Waals surface area contributed by atoms with Gasteiger partial charge < -0.3 is 10.6 Å². The van der Waals surface area contributed by atoms with Crippen LogP contribution in [0.25, 0.3) is 0 Å². The van der Waals surface area contributed by atoms with Gasteiger partial charge in [0, 0.05) is 12.6 Å². The molecule has 0 aliphatic rings. The van der Waals surface area contributed by atoms with Crippen LogP contribution in [0.15, 0.2) is 18.2 Å². The van der Waals surface area contributed by atoms with E-state index in [9.17, 15) is 17.6 Å². The maximum Gasteiger partial charge on any atom is 0.405 e. The van der Waals surface area contributed by atoms with Crippen LogP contribution in [0.3, 0.4) is 0 Å². The van der Waals surface area contributed by atoms with Crippen molar-refractivity contribution in [3.63, 3.8) is 0 Å². The van der Waals surface area contributed by atoms with Gasteiger partial charge in [-0.15, -0.1) is 0 Å². The van der Waals surface area contributed by atoms with Gasteiger partial charge in [-0.25, -0.2) is 4.39 Å². The zero-order valence-corrected chi connectivity index (χ0v) is 11.7. The zero-order chi connectivity index (χ0) is 15.3. The smallest absolute Gasteiger partial charge is 0.360 e. The minimum atomic E-state index is -4.36. The molecular weight excluding hydrogens is 272 g/mol. The summed E-state index contributed by atoms with van der Waals surface area (Å²) in [7, 11) is 0. The summed E-state index contributed by atoms with van der Waals surface area (Å²) in [5, 5.41) is 0. The van der Waals surface area contributed by atoms with Gasteiger partial charge in [-0.2, -0.15) is 13.2 Å². The Bertz CT molecular complexity index is 432. The lowest BCUT2D eigenvalue weighted by Gasteiger charge is -2.25. The summed E-state index contributed by atoms with van der Waals surface area (Å²) >= 11 is 0. The lowest BCUT2D eigenvalue weighted by molar-refractivity contribution is -0.119. The fourth-order valence-electron chi connectivity index (χ4n) is 1.96. The molecule has 0 aliphatic carbocycles. The van der Waals surface area contributed by atoms with E-state index in [1.54, 1.807) is 13.0 Å². The number of alkyl halides is 3. The molecule has 0 aromatic heterocycles. The van der Waals surface area contributed by atoms with E-state index in [0.717, 1.165) is 11.3 Å². The summed E-state index contributed by atoms with van der Waals surface area (Å²) in [6.07, 6.45) is -3.08. The summed E-state index contributed by atoms with van der Waals surface area (Å²) < 4.78 is 51.2. The van der Waals surface area contributed by atoms with Crippen LogP contribution in [-0.2, 0) is 6.42 Å². The minimum absolute atomic E-state index is 0.0290. The number of nitrogens with zero attached hydrogens (tertiary/aromatic N) is 1. The molecule has 1 unspecified atom stereocenters. The second-order valence-electron chi connectivity index (χ2n) is 4.79. The number of hydrogen-bond acceptors (Lipinski definition) is 2. The topological polar surface area (TPSA) is 29.3 Å². The summed E-state index contributed by atoms with van der Waals surface area (Å²) in [6.45, 7) is 2.42. The van der Waals surface area contributed by atoms with E-state index in [2.05, 4.69) is 0 Å². The van der Waals surface area contributed by atoms with Crippen molar-refractivity contribution < 1.29 is 17.6 Å². The maximum absolute atomic E-state index is 14.0. The Labute approximate surface area is 116 Å². The van der Waals surface area contributed by atoms with Crippen LogP contribution in [0.2, 0.25) is 0 Å². The number of benzene rings is 1. The van der Waals surface area contributed by atoms with E-state index in [1.807, 2.05) is 6.92 Å².